The highest BCUT2D eigenvalue weighted by molar-refractivity contribution is 7.99. The molecule has 1 aromatic carbocycles. The summed E-state index contributed by atoms with van der Waals surface area (Å²) in [6, 6.07) is 6.26. The van der Waals surface area contributed by atoms with Crippen LogP contribution in [0.4, 0.5) is 0 Å². The number of thioether (sulfide) groups is 1. The van der Waals surface area contributed by atoms with Gasteiger partial charge in [0.1, 0.15) is 0 Å². The van der Waals surface area contributed by atoms with Gasteiger partial charge in [-0.15, -0.1) is 5.10 Å². The van der Waals surface area contributed by atoms with Crippen LogP contribution < -0.4 is 16.5 Å². The van der Waals surface area contributed by atoms with Gasteiger partial charge in [-0.25, -0.2) is 9.89 Å². The lowest BCUT2D eigenvalue weighted by molar-refractivity contribution is -0.119. The van der Waals surface area contributed by atoms with Gasteiger partial charge in [0.05, 0.1) is 18.4 Å². The molecule has 2 amide bonds. The maximum Gasteiger partial charge on any atom is 0.344 e. The van der Waals surface area contributed by atoms with E-state index in [4.69, 9.17) is 16.3 Å². The summed E-state index contributed by atoms with van der Waals surface area (Å²) in [5.41, 5.74) is 4.67. The number of H-pyrrole nitrogens is 1. The van der Waals surface area contributed by atoms with E-state index in [1.807, 2.05) is 0 Å². The number of hydrogen-bond acceptors (Lipinski definition) is 6. The number of hydrazine groups is 1. The molecule has 0 unspecified atom stereocenters. The zero-order chi connectivity index (χ0) is 19.2. The van der Waals surface area contributed by atoms with E-state index >= 15 is 0 Å². The normalized spacial score (nSPS) is 16.3. The molecule has 2 heterocycles. The Morgan fingerprint density at radius 2 is 2.11 bits per heavy atom. The second-order valence-corrected chi connectivity index (χ2v) is 7.23. The number of ether oxygens (including phenoxy) is 1. The molecule has 27 heavy (non-hydrogen) atoms. The quantitative estimate of drug-likeness (QED) is 0.481. The lowest BCUT2D eigenvalue weighted by Gasteiger charge is -2.11. The summed E-state index contributed by atoms with van der Waals surface area (Å²) < 4.78 is 6.99. The molecule has 1 saturated heterocycles. The van der Waals surface area contributed by atoms with Crippen LogP contribution in [0.5, 0.6) is 0 Å². The van der Waals surface area contributed by atoms with Crippen LogP contribution in [0, 0.1) is 0 Å². The first-order chi connectivity index (χ1) is 13.0. The molecule has 11 heteroatoms. The Morgan fingerprint density at radius 1 is 1.33 bits per heavy atom. The van der Waals surface area contributed by atoms with Crippen molar-refractivity contribution in [1.82, 2.24) is 25.6 Å². The Kier molecular flexibility index (Phi) is 6.54. The highest BCUT2D eigenvalue weighted by Crippen LogP contribution is 2.17. The van der Waals surface area contributed by atoms with Gasteiger partial charge in [-0.05, 0) is 37.1 Å². The number of halogens is 1. The van der Waals surface area contributed by atoms with Crippen LogP contribution in [0.15, 0.2) is 34.2 Å². The number of nitrogens with zero attached hydrogens (tertiary/aromatic N) is 2. The molecule has 2 aromatic rings. The van der Waals surface area contributed by atoms with Crippen LogP contribution in [-0.2, 0) is 16.1 Å². The van der Waals surface area contributed by atoms with Crippen molar-refractivity contribution >= 4 is 35.2 Å². The summed E-state index contributed by atoms with van der Waals surface area (Å²) in [6.45, 7) is 1.09. The van der Waals surface area contributed by atoms with Gasteiger partial charge in [-0.3, -0.25) is 25.0 Å². The van der Waals surface area contributed by atoms with E-state index in [-0.39, 0.29) is 17.5 Å². The minimum atomic E-state index is -0.458. The molecule has 0 radical (unpaired) electrons. The zero-order valence-corrected chi connectivity index (χ0v) is 15.8. The zero-order valence-electron chi connectivity index (χ0n) is 14.2. The molecule has 0 saturated carbocycles. The van der Waals surface area contributed by atoms with Crippen LogP contribution in [0.25, 0.3) is 0 Å². The van der Waals surface area contributed by atoms with Crippen LogP contribution in [0.1, 0.15) is 23.2 Å². The maximum absolute atomic E-state index is 12.0. The van der Waals surface area contributed by atoms with E-state index in [1.165, 1.54) is 4.57 Å². The van der Waals surface area contributed by atoms with E-state index in [0.29, 0.717) is 28.9 Å². The fourth-order valence-corrected chi connectivity index (χ4v) is 3.41. The lowest BCUT2D eigenvalue weighted by Crippen LogP contribution is -2.42. The van der Waals surface area contributed by atoms with Gasteiger partial charge in [0.15, 0.2) is 5.16 Å². The summed E-state index contributed by atoms with van der Waals surface area (Å²) in [5.74, 6) is -0.905. The first kappa shape index (κ1) is 19.5. The average Bonchev–Trinajstić information content (AvgIpc) is 3.30. The van der Waals surface area contributed by atoms with E-state index in [0.717, 1.165) is 24.6 Å². The van der Waals surface area contributed by atoms with Crippen molar-refractivity contribution in [3.05, 3.63) is 45.3 Å². The summed E-state index contributed by atoms with van der Waals surface area (Å²) in [7, 11) is 0. The predicted octanol–water partition coefficient (Wildman–Crippen LogP) is 0.957. The molecule has 3 rings (SSSR count). The SMILES string of the molecule is O=C(CSc1n[nH]c(=O)n1C[C@H]1CCCO1)NNC(=O)c1ccc(Cl)cc1. The van der Waals surface area contributed by atoms with E-state index in [1.54, 1.807) is 24.3 Å². The first-order valence-corrected chi connectivity index (χ1v) is 9.63. The van der Waals surface area contributed by atoms with Gasteiger partial charge in [-0.1, -0.05) is 23.4 Å². The van der Waals surface area contributed by atoms with Gasteiger partial charge >= 0.3 is 5.69 Å². The fourth-order valence-electron chi connectivity index (χ4n) is 2.53. The van der Waals surface area contributed by atoms with Crippen LogP contribution >= 0.6 is 23.4 Å². The van der Waals surface area contributed by atoms with Crippen molar-refractivity contribution in [3.63, 3.8) is 0 Å². The molecule has 0 spiro atoms. The van der Waals surface area contributed by atoms with E-state index in [2.05, 4.69) is 21.0 Å². The summed E-state index contributed by atoms with van der Waals surface area (Å²) in [4.78, 5) is 35.8. The molecule has 1 fully saturated rings. The molecule has 144 valence electrons. The molecule has 1 aliphatic heterocycles. The Hall–Kier alpha value is -2.30. The van der Waals surface area contributed by atoms with Gasteiger partial charge in [0, 0.05) is 17.2 Å². The van der Waals surface area contributed by atoms with Gasteiger partial charge in [-0.2, -0.15) is 0 Å². The Labute approximate surface area is 163 Å². The highest BCUT2D eigenvalue weighted by atomic mass is 35.5. The average molecular weight is 412 g/mol. The third-order valence-electron chi connectivity index (χ3n) is 3.89. The second-order valence-electron chi connectivity index (χ2n) is 5.85. The predicted molar refractivity (Wildman–Crippen MR) is 99.6 cm³/mol. The minimum Gasteiger partial charge on any atom is -0.376 e. The molecule has 0 aliphatic carbocycles. The number of aromatic amines is 1. The number of rotatable bonds is 6. The molecular weight excluding hydrogens is 394 g/mol. The number of aromatic nitrogens is 3. The van der Waals surface area contributed by atoms with Crippen molar-refractivity contribution in [1.29, 1.82) is 0 Å². The fraction of sp³-hybridized carbons (Fsp3) is 0.375. The van der Waals surface area contributed by atoms with Crippen molar-refractivity contribution in [3.8, 4) is 0 Å². The van der Waals surface area contributed by atoms with Crippen molar-refractivity contribution in [2.24, 2.45) is 0 Å². The number of nitrogens with one attached hydrogen (secondary N) is 3. The molecule has 1 aliphatic rings. The third kappa shape index (κ3) is 5.34. The molecule has 1 atom stereocenters. The largest absolute Gasteiger partial charge is 0.376 e. The molecule has 9 nitrogen and oxygen atoms in total. The lowest BCUT2D eigenvalue weighted by atomic mass is 10.2. The topological polar surface area (TPSA) is 118 Å². The van der Waals surface area contributed by atoms with Crippen molar-refractivity contribution < 1.29 is 14.3 Å². The smallest absolute Gasteiger partial charge is 0.344 e. The summed E-state index contributed by atoms with van der Waals surface area (Å²) >= 11 is 6.86. The maximum atomic E-state index is 12.0. The van der Waals surface area contributed by atoms with Crippen molar-refractivity contribution in [2.75, 3.05) is 12.4 Å². The third-order valence-corrected chi connectivity index (χ3v) is 5.12. The van der Waals surface area contributed by atoms with Gasteiger partial charge < -0.3 is 4.74 Å². The van der Waals surface area contributed by atoms with Gasteiger partial charge in [0.2, 0.25) is 5.91 Å². The number of carbonyl (C=O) groups excluding carboxylic acids is 2. The Bertz CT molecular complexity index is 860. The Balaban J connectivity index is 1.48. The first-order valence-electron chi connectivity index (χ1n) is 8.27. The molecular formula is C16H18ClN5O4S. The van der Waals surface area contributed by atoms with Crippen LogP contribution in [0.3, 0.4) is 0 Å². The standard InChI is InChI=1S/C16H18ClN5O4S/c17-11-5-3-10(4-6-11)14(24)19-18-13(23)9-27-16-21-20-15(25)22(16)8-12-2-1-7-26-12/h3-6,12H,1-2,7-9H2,(H,18,23)(H,19,24)(H,20,25)/t12-/m1/s1. The number of carbonyl (C=O) groups is 2. The molecule has 0 bridgehead atoms. The second kappa shape index (κ2) is 9.07. The van der Waals surface area contributed by atoms with Gasteiger partial charge in [0.25, 0.3) is 5.91 Å². The Morgan fingerprint density at radius 3 is 2.81 bits per heavy atom. The highest BCUT2D eigenvalue weighted by Gasteiger charge is 2.20. The van der Waals surface area contributed by atoms with Crippen LogP contribution in [0.2, 0.25) is 5.02 Å². The van der Waals surface area contributed by atoms with Crippen molar-refractivity contribution in [2.45, 2.75) is 30.6 Å². The monoisotopic (exact) mass is 411 g/mol. The number of amides is 2. The summed E-state index contributed by atoms with van der Waals surface area (Å²) in [6.07, 6.45) is 1.83. The summed E-state index contributed by atoms with van der Waals surface area (Å²) in [5, 5.41) is 7.23. The number of hydrogen-bond donors (Lipinski definition) is 3. The van der Waals surface area contributed by atoms with E-state index < -0.39 is 11.8 Å². The minimum absolute atomic E-state index is 0.0171. The molecule has 1 aromatic heterocycles. The molecule has 3 N–H and O–H groups in total. The van der Waals surface area contributed by atoms with Crippen LogP contribution in [-0.4, -0.2) is 45.0 Å². The van der Waals surface area contributed by atoms with E-state index in [9.17, 15) is 14.4 Å². The number of benzene rings is 1.